The highest BCUT2D eigenvalue weighted by atomic mass is 16.5. The van der Waals surface area contributed by atoms with Gasteiger partial charge in [0.25, 0.3) is 0 Å². The first-order chi connectivity index (χ1) is 10.2. The van der Waals surface area contributed by atoms with Gasteiger partial charge in [0, 0.05) is 31.7 Å². The van der Waals surface area contributed by atoms with Crippen LogP contribution in [0.15, 0.2) is 30.3 Å². The van der Waals surface area contributed by atoms with E-state index in [0.717, 1.165) is 26.1 Å². The number of likely N-dealkylation sites (tertiary alicyclic amines) is 1. The Hall–Kier alpha value is -1.43. The number of carbonyl (C=O) groups is 1. The number of hydrogen-bond acceptors (Lipinski definition) is 4. The number of carbonyl (C=O) groups excluding carboxylic acids is 1. The summed E-state index contributed by atoms with van der Waals surface area (Å²) in [5, 5.41) is 3.13. The molecule has 3 atom stereocenters. The van der Waals surface area contributed by atoms with Crippen molar-refractivity contribution in [3.8, 4) is 0 Å². The number of nitrogens with one attached hydrogen (secondary N) is 1. The molecule has 5 nitrogen and oxygen atoms in total. The molecule has 1 amide bonds. The van der Waals surface area contributed by atoms with Gasteiger partial charge in [-0.05, 0) is 12.0 Å². The molecule has 0 saturated carbocycles. The van der Waals surface area contributed by atoms with Crippen molar-refractivity contribution in [2.24, 2.45) is 11.7 Å². The number of nitrogens with two attached hydrogens (primary N) is 1. The van der Waals surface area contributed by atoms with Crippen LogP contribution < -0.4 is 11.1 Å². The van der Waals surface area contributed by atoms with Gasteiger partial charge >= 0.3 is 0 Å². The summed E-state index contributed by atoms with van der Waals surface area (Å²) in [6, 6.07) is 10.5. The average molecular weight is 289 g/mol. The molecule has 0 aromatic heterocycles. The highest BCUT2D eigenvalue weighted by Crippen LogP contribution is 2.16. The van der Waals surface area contributed by atoms with Gasteiger partial charge in [0.15, 0.2) is 0 Å². The lowest BCUT2D eigenvalue weighted by atomic mass is 10.0. The van der Waals surface area contributed by atoms with Crippen molar-refractivity contribution in [2.45, 2.75) is 25.0 Å². The molecule has 114 valence electrons. The maximum Gasteiger partial charge on any atom is 0.227 e. The van der Waals surface area contributed by atoms with E-state index in [9.17, 15) is 4.79 Å². The fourth-order valence-electron chi connectivity index (χ4n) is 3.08. The maximum atomic E-state index is 12.2. The molecule has 3 unspecified atom stereocenters. The smallest absolute Gasteiger partial charge is 0.227 e. The second-order valence-corrected chi connectivity index (χ2v) is 6.02. The van der Waals surface area contributed by atoms with E-state index in [1.807, 2.05) is 6.07 Å². The monoisotopic (exact) mass is 289 g/mol. The van der Waals surface area contributed by atoms with Crippen molar-refractivity contribution in [2.75, 3.05) is 26.3 Å². The van der Waals surface area contributed by atoms with Crippen LogP contribution in [0.1, 0.15) is 12.0 Å². The van der Waals surface area contributed by atoms with E-state index in [0.29, 0.717) is 13.2 Å². The van der Waals surface area contributed by atoms with E-state index in [4.69, 9.17) is 10.5 Å². The number of hydrogen-bond donors (Lipinski definition) is 2. The quantitative estimate of drug-likeness (QED) is 0.839. The van der Waals surface area contributed by atoms with Gasteiger partial charge in [-0.25, -0.2) is 0 Å². The van der Waals surface area contributed by atoms with E-state index in [1.54, 1.807) is 0 Å². The van der Waals surface area contributed by atoms with E-state index in [1.165, 1.54) is 5.56 Å². The zero-order chi connectivity index (χ0) is 14.7. The van der Waals surface area contributed by atoms with Crippen LogP contribution >= 0.6 is 0 Å². The molecule has 0 radical (unpaired) electrons. The zero-order valence-electron chi connectivity index (χ0n) is 12.2. The van der Waals surface area contributed by atoms with Crippen LogP contribution in [0, 0.1) is 5.92 Å². The van der Waals surface area contributed by atoms with Crippen molar-refractivity contribution < 1.29 is 9.53 Å². The van der Waals surface area contributed by atoms with Gasteiger partial charge in [0.05, 0.1) is 19.1 Å². The Kier molecular flexibility index (Phi) is 4.53. The van der Waals surface area contributed by atoms with Gasteiger partial charge in [-0.3, -0.25) is 9.69 Å². The van der Waals surface area contributed by atoms with Crippen LogP contribution in [-0.2, 0) is 16.1 Å². The Morgan fingerprint density at radius 2 is 2.14 bits per heavy atom. The molecule has 2 saturated heterocycles. The van der Waals surface area contributed by atoms with Gasteiger partial charge in [-0.1, -0.05) is 30.3 Å². The molecule has 21 heavy (non-hydrogen) atoms. The molecule has 3 rings (SSSR count). The largest absolute Gasteiger partial charge is 0.379 e. The predicted molar refractivity (Wildman–Crippen MR) is 80.6 cm³/mol. The van der Waals surface area contributed by atoms with Crippen LogP contribution in [0.2, 0.25) is 0 Å². The Labute approximate surface area is 125 Å². The van der Waals surface area contributed by atoms with E-state index < -0.39 is 0 Å². The first-order valence-corrected chi connectivity index (χ1v) is 7.62. The van der Waals surface area contributed by atoms with Crippen LogP contribution in [0.5, 0.6) is 0 Å². The van der Waals surface area contributed by atoms with Crippen LogP contribution in [0.3, 0.4) is 0 Å². The fraction of sp³-hybridized carbons (Fsp3) is 0.562. The lowest BCUT2D eigenvalue weighted by molar-refractivity contribution is -0.125. The van der Waals surface area contributed by atoms with E-state index in [2.05, 4.69) is 34.5 Å². The second kappa shape index (κ2) is 6.56. The van der Waals surface area contributed by atoms with E-state index >= 15 is 0 Å². The van der Waals surface area contributed by atoms with Crippen molar-refractivity contribution in [1.82, 2.24) is 10.2 Å². The Morgan fingerprint density at radius 3 is 2.86 bits per heavy atom. The lowest BCUT2D eigenvalue weighted by Gasteiger charge is -2.19. The van der Waals surface area contributed by atoms with E-state index in [-0.39, 0.29) is 23.9 Å². The zero-order valence-corrected chi connectivity index (χ0v) is 12.2. The summed E-state index contributed by atoms with van der Waals surface area (Å²) in [6.07, 6.45) is 1.00. The number of nitrogens with zero attached hydrogens (tertiary/aromatic N) is 1. The molecule has 0 spiro atoms. The molecule has 2 heterocycles. The second-order valence-electron chi connectivity index (χ2n) is 6.02. The summed E-state index contributed by atoms with van der Waals surface area (Å²) in [7, 11) is 0. The minimum atomic E-state index is -0.187. The average Bonchev–Trinajstić information content (AvgIpc) is 3.09. The van der Waals surface area contributed by atoms with Gasteiger partial charge < -0.3 is 15.8 Å². The first kappa shape index (κ1) is 14.5. The van der Waals surface area contributed by atoms with Crippen LogP contribution in [0.4, 0.5) is 0 Å². The number of ether oxygens (including phenoxy) is 1. The SMILES string of the molecule is NC1COCC1C(=O)NC1CCN(Cc2ccccc2)C1. The molecule has 2 aliphatic heterocycles. The topological polar surface area (TPSA) is 67.6 Å². The van der Waals surface area contributed by atoms with Crippen molar-refractivity contribution >= 4 is 5.91 Å². The third-order valence-corrected chi connectivity index (χ3v) is 4.33. The summed E-state index contributed by atoms with van der Waals surface area (Å²) in [5.74, 6) is -0.139. The van der Waals surface area contributed by atoms with Crippen molar-refractivity contribution in [3.63, 3.8) is 0 Å². The number of amides is 1. The molecule has 2 aliphatic rings. The normalized spacial score (nSPS) is 29.7. The Balaban J connectivity index is 1.47. The molecule has 0 bridgehead atoms. The standard InChI is InChI=1S/C16H23N3O2/c17-15-11-21-10-14(15)16(20)18-13-6-7-19(9-13)8-12-4-2-1-3-5-12/h1-5,13-15H,6-11,17H2,(H,18,20). The minimum absolute atomic E-state index is 0.0477. The van der Waals surface area contributed by atoms with Crippen LogP contribution in [0.25, 0.3) is 0 Å². The molecule has 3 N–H and O–H groups in total. The van der Waals surface area contributed by atoms with Crippen molar-refractivity contribution in [3.05, 3.63) is 35.9 Å². The molecule has 5 heteroatoms. The summed E-state index contributed by atoms with van der Waals surface area (Å²) in [4.78, 5) is 14.6. The maximum absolute atomic E-state index is 12.2. The summed E-state index contributed by atoms with van der Waals surface area (Å²) < 4.78 is 5.26. The molecule has 2 fully saturated rings. The number of benzene rings is 1. The Bertz CT molecular complexity index is 480. The molecular formula is C16H23N3O2. The lowest BCUT2D eigenvalue weighted by Crippen LogP contribution is -2.45. The van der Waals surface area contributed by atoms with Crippen molar-refractivity contribution in [1.29, 1.82) is 0 Å². The Morgan fingerprint density at radius 1 is 1.33 bits per heavy atom. The van der Waals surface area contributed by atoms with Gasteiger partial charge in [0.1, 0.15) is 0 Å². The number of rotatable bonds is 4. The predicted octanol–water partition coefficient (Wildman–Crippen LogP) is 0.351. The molecule has 1 aromatic carbocycles. The minimum Gasteiger partial charge on any atom is -0.379 e. The third-order valence-electron chi connectivity index (χ3n) is 4.33. The van der Waals surface area contributed by atoms with Gasteiger partial charge in [-0.2, -0.15) is 0 Å². The summed E-state index contributed by atoms with van der Waals surface area (Å²) in [6.45, 7) is 3.81. The summed E-state index contributed by atoms with van der Waals surface area (Å²) >= 11 is 0. The highest BCUT2D eigenvalue weighted by Gasteiger charge is 2.33. The third kappa shape index (κ3) is 3.61. The van der Waals surface area contributed by atoms with Gasteiger partial charge in [-0.15, -0.1) is 0 Å². The first-order valence-electron chi connectivity index (χ1n) is 7.62. The highest BCUT2D eigenvalue weighted by molar-refractivity contribution is 5.80. The molecule has 0 aliphatic carbocycles. The van der Waals surface area contributed by atoms with Gasteiger partial charge in [0.2, 0.25) is 5.91 Å². The molecule has 1 aromatic rings. The summed E-state index contributed by atoms with van der Waals surface area (Å²) in [5.41, 5.74) is 7.20. The fourth-order valence-corrected chi connectivity index (χ4v) is 3.08. The molecular weight excluding hydrogens is 266 g/mol. The van der Waals surface area contributed by atoms with Crippen LogP contribution in [-0.4, -0.2) is 49.2 Å².